The van der Waals surface area contributed by atoms with Gasteiger partial charge in [0.05, 0.1) is 17.6 Å². The molecular weight excluding hydrogens is 216 g/mol. The Balaban J connectivity index is 2.42. The fourth-order valence-corrected chi connectivity index (χ4v) is 1.92. The maximum Gasteiger partial charge on any atom is 0.316 e. The Labute approximate surface area is 100 Å². The third-order valence-electron chi connectivity index (χ3n) is 2.85. The molecule has 1 heterocycles. The van der Waals surface area contributed by atoms with E-state index in [1.165, 1.54) is 0 Å². The van der Waals surface area contributed by atoms with Gasteiger partial charge in [-0.25, -0.2) is 4.98 Å². The first-order chi connectivity index (χ1) is 8.15. The van der Waals surface area contributed by atoms with Crippen molar-refractivity contribution in [2.75, 3.05) is 6.61 Å². The number of imidazole rings is 1. The lowest BCUT2D eigenvalue weighted by molar-refractivity contribution is -0.144. The lowest BCUT2D eigenvalue weighted by atomic mass is 10.2. The molecule has 0 saturated heterocycles. The zero-order valence-corrected chi connectivity index (χ0v) is 10.3. The number of esters is 1. The number of benzene rings is 1. The lowest BCUT2D eigenvalue weighted by Gasteiger charge is -2.10. The number of ether oxygens (including phenoxy) is 1. The van der Waals surface area contributed by atoms with Gasteiger partial charge in [0, 0.05) is 7.05 Å². The summed E-state index contributed by atoms with van der Waals surface area (Å²) in [7, 11) is 1.92. The van der Waals surface area contributed by atoms with Crippen LogP contribution >= 0.6 is 0 Å². The zero-order chi connectivity index (χ0) is 12.4. The Hall–Kier alpha value is -1.84. The van der Waals surface area contributed by atoms with Crippen LogP contribution in [0.3, 0.4) is 0 Å². The van der Waals surface area contributed by atoms with E-state index in [1.807, 2.05) is 42.8 Å². The van der Waals surface area contributed by atoms with E-state index < -0.39 is 0 Å². The average molecular weight is 232 g/mol. The van der Waals surface area contributed by atoms with Crippen LogP contribution in [-0.2, 0) is 16.6 Å². The Kier molecular flexibility index (Phi) is 3.13. The van der Waals surface area contributed by atoms with E-state index in [0.717, 1.165) is 16.9 Å². The van der Waals surface area contributed by atoms with Crippen molar-refractivity contribution in [3.8, 4) is 0 Å². The minimum atomic E-state index is -0.340. The van der Waals surface area contributed by atoms with Crippen molar-refractivity contribution in [1.82, 2.24) is 9.55 Å². The highest BCUT2D eigenvalue weighted by atomic mass is 16.5. The average Bonchev–Trinajstić information content (AvgIpc) is 2.67. The van der Waals surface area contributed by atoms with Gasteiger partial charge in [0.15, 0.2) is 0 Å². The number of carbonyl (C=O) groups is 1. The molecular formula is C13H16N2O2. The van der Waals surface area contributed by atoms with Gasteiger partial charge in [0.2, 0.25) is 0 Å². The second-order valence-electron chi connectivity index (χ2n) is 3.99. The largest absolute Gasteiger partial charge is 0.465 e. The Morgan fingerprint density at radius 3 is 2.82 bits per heavy atom. The van der Waals surface area contributed by atoms with Crippen LogP contribution in [0.25, 0.3) is 11.0 Å². The topological polar surface area (TPSA) is 44.1 Å². The second kappa shape index (κ2) is 4.57. The number of aryl methyl sites for hydroxylation is 1. The SMILES string of the molecule is CCOC(=O)C(C)c1nc2ccccc2n1C. The number of carbonyl (C=O) groups excluding carboxylic acids is 1. The number of aromatic nitrogens is 2. The summed E-state index contributed by atoms with van der Waals surface area (Å²) in [6.07, 6.45) is 0. The molecule has 1 aromatic heterocycles. The highest BCUT2D eigenvalue weighted by molar-refractivity contribution is 5.80. The molecule has 0 aliphatic heterocycles. The van der Waals surface area contributed by atoms with Gasteiger partial charge in [-0.05, 0) is 26.0 Å². The molecule has 1 unspecified atom stereocenters. The summed E-state index contributed by atoms with van der Waals surface area (Å²) >= 11 is 0. The van der Waals surface area contributed by atoms with Crippen molar-refractivity contribution in [1.29, 1.82) is 0 Å². The second-order valence-corrected chi connectivity index (χ2v) is 3.99. The molecule has 0 saturated carbocycles. The van der Waals surface area contributed by atoms with Gasteiger partial charge in [0.25, 0.3) is 0 Å². The zero-order valence-electron chi connectivity index (χ0n) is 10.3. The molecule has 4 heteroatoms. The number of nitrogens with zero attached hydrogens (tertiary/aromatic N) is 2. The normalized spacial score (nSPS) is 12.6. The molecule has 0 spiro atoms. The van der Waals surface area contributed by atoms with Crippen LogP contribution in [0, 0.1) is 0 Å². The summed E-state index contributed by atoms with van der Waals surface area (Å²) < 4.78 is 6.96. The Morgan fingerprint density at radius 2 is 2.18 bits per heavy atom. The van der Waals surface area contributed by atoms with Gasteiger partial charge in [-0.15, -0.1) is 0 Å². The minimum absolute atomic E-state index is 0.231. The van der Waals surface area contributed by atoms with E-state index in [-0.39, 0.29) is 11.9 Å². The third-order valence-corrected chi connectivity index (χ3v) is 2.85. The van der Waals surface area contributed by atoms with Crippen LogP contribution in [0.1, 0.15) is 25.6 Å². The highest BCUT2D eigenvalue weighted by Crippen LogP contribution is 2.21. The van der Waals surface area contributed by atoms with Crippen molar-refractivity contribution in [2.45, 2.75) is 19.8 Å². The Bertz CT molecular complexity index is 545. The molecule has 0 fully saturated rings. The van der Waals surface area contributed by atoms with E-state index in [2.05, 4.69) is 4.98 Å². The predicted octanol–water partition coefficient (Wildman–Crippen LogP) is 2.24. The standard InChI is InChI=1S/C13H16N2O2/c1-4-17-13(16)9(2)12-14-10-7-5-6-8-11(10)15(12)3/h5-9H,4H2,1-3H3. The number of fused-ring (bicyclic) bond motifs is 1. The van der Waals surface area contributed by atoms with Crippen molar-refractivity contribution < 1.29 is 9.53 Å². The first kappa shape index (κ1) is 11.6. The maximum absolute atomic E-state index is 11.7. The number of hydrogen-bond acceptors (Lipinski definition) is 3. The lowest BCUT2D eigenvalue weighted by Crippen LogP contribution is -2.16. The molecule has 17 heavy (non-hydrogen) atoms. The number of rotatable bonds is 3. The molecule has 4 nitrogen and oxygen atoms in total. The summed E-state index contributed by atoms with van der Waals surface area (Å²) in [5.74, 6) is 0.169. The van der Waals surface area contributed by atoms with Gasteiger partial charge < -0.3 is 9.30 Å². The van der Waals surface area contributed by atoms with E-state index in [4.69, 9.17) is 4.74 Å². The predicted molar refractivity (Wildman–Crippen MR) is 65.8 cm³/mol. The number of hydrogen-bond donors (Lipinski definition) is 0. The minimum Gasteiger partial charge on any atom is -0.465 e. The third kappa shape index (κ3) is 2.02. The summed E-state index contributed by atoms with van der Waals surface area (Å²) in [4.78, 5) is 16.2. The Morgan fingerprint density at radius 1 is 1.47 bits per heavy atom. The summed E-state index contributed by atoms with van der Waals surface area (Å²) in [6.45, 7) is 4.02. The quantitative estimate of drug-likeness (QED) is 0.762. The van der Waals surface area contributed by atoms with Gasteiger partial charge >= 0.3 is 5.97 Å². The monoisotopic (exact) mass is 232 g/mol. The molecule has 2 aromatic rings. The molecule has 0 aliphatic rings. The molecule has 0 N–H and O–H groups in total. The van der Waals surface area contributed by atoms with Crippen LogP contribution in [0.5, 0.6) is 0 Å². The van der Waals surface area contributed by atoms with E-state index >= 15 is 0 Å². The first-order valence-corrected chi connectivity index (χ1v) is 5.73. The molecule has 0 bridgehead atoms. The van der Waals surface area contributed by atoms with E-state index in [1.54, 1.807) is 6.92 Å². The van der Waals surface area contributed by atoms with Crippen LogP contribution in [-0.4, -0.2) is 22.1 Å². The van der Waals surface area contributed by atoms with Crippen molar-refractivity contribution in [3.05, 3.63) is 30.1 Å². The van der Waals surface area contributed by atoms with Crippen molar-refractivity contribution in [3.63, 3.8) is 0 Å². The highest BCUT2D eigenvalue weighted by Gasteiger charge is 2.22. The summed E-state index contributed by atoms with van der Waals surface area (Å²) in [5, 5.41) is 0. The molecule has 90 valence electrons. The van der Waals surface area contributed by atoms with E-state index in [9.17, 15) is 4.79 Å². The van der Waals surface area contributed by atoms with Gasteiger partial charge in [-0.3, -0.25) is 4.79 Å². The molecule has 2 rings (SSSR count). The van der Waals surface area contributed by atoms with Crippen molar-refractivity contribution in [2.24, 2.45) is 7.05 Å². The van der Waals surface area contributed by atoms with Crippen LogP contribution in [0.15, 0.2) is 24.3 Å². The van der Waals surface area contributed by atoms with Crippen molar-refractivity contribution >= 4 is 17.0 Å². The molecule has 0 amide bonds. The summed E-state index contributed by atoms with van der Waals surface area (Å²) in [5.41, 5.74) is 1.93. The van der Waals surface area contributed by atoms with Crippen LogP contribution in [0.2, 0.25) is 0 Å². The number of para-hydroxylation sites is 2. The van der Waals surface area contributed by atoms with Gasteiger partial charge in [-0.1, -0.05) is 12.1 Å². The fraction of sp³-hybridized carbons (Fsp3) is 0.385. The molecule has 1 atom stereocenters. The van der Waals surface area contributed by atoms with E-state index in [0.29, 0.717) is 6.61 Å². The molecule has 0 aliphatic carbocycles. The smallest absolute Gasteiger partial charge is 0.316 e. The molecule has 0 radical (unpaired) electrons. The van der Waals surface area contributed by atoms with Crippen LogP contribution < -0.4 is 0 Å². The summed E-state index contributed by atoms with van der Waals surface area (Å²) in [6, 6.07) is 7.83. The van der Waals surface area contributed by atoms with Gasteiger partial charge in [0.1, 0.15) is 11.7 Å². The maximum atomic E-state index is 11.7. The van der Waals surface area contributed by atoms with Gasteiger partial charge in [-0.2, -0.15) is 0 Å². The van der Waals surface area contributed by atoms with Crippen LogP contribution in [0.4, 0.5) is 0 Å². The molecule has 1 aromatic carbocycles. The first-order valence-electron chi connectivity index (χ1n) is 5.73. The fourth-order valence-electron chi connectivity index (χ4n) is 1.92.